The third-order valence-corrected chi connectivity index (χ3v) is 14.2. The Morgan fingerprint density at radius 3 is 2.16 bits per heavy atom. The van der Waals surface area contributed by atoms with Gasteiger partial charge in [-0.05, 0) is 62.5 Å². The van der Waals surface area contributed by atoms with Gasteiger partial charge in [0.1, 0.15) is 11.8 Å². The van der Waals surface area contributed by atoms with Crippen molar-refractivity contribution < 1.29 is 57.4 Å². The van der Waals surface area contributed by atoms with Gasteiger partial charge in [-0.1, -0.05) is 47.7 Å². The fourth-order valence-corrected chi connectivity index (χ4v) is 11.4. The van der Waals surface area contributed by atoms with Crippen LogP contribution in [0, 0.1) is 17.8 Å². The normalized spacial score (nSPS) is 27.8. The van der Waals surface area contributed by atoms with Crippen molar-refractivity contribution in [2.75, 3.05) is 71.3 Å². The minimum absolute atomic E-state index is 0.0222. The second-order valence-electron chi connectivity index (χ2n) is 18.7. The maximum Gasteiger partial charge on any atom is 0.407 e. The summed E-state index contributed by atoms with van der Waals surface area (Å²) < 4.78 is 36.6. The van der Waals surface area contributed by atoms with Crippen LogP contribution in [0.15, 0.2) is 48.5 Å². The lowest BCUT2D eigenvalue weighted by molar-refractivity contribution is -0.392. The SMILES string of the molecule is CNC(=O)OC1CCC[C@]2(C1)OOC1(O2)C2CC3CC1CC(NC(=O)CCOCCOCCOCCOCCC(=O)NCC(=O)N1Cc4ccccc4-c4nnn(C)c4-c4ccccc41)(C3)C2. The van der Waals surface area contributed by atoms with E-state index in [1.165, 1.54) is 0 Å². The van der Waals surface area contributed by atoms with Gasteiger partial charge in [-0.2, -0.15) is 9.78 Å². The minimum atomic E-state index is -0.925. The van der Waals surface area contributed by atoms with Gasteiger partial charge in [0.25, 0.3) is 0 Å². The molecule has 2 spiro atoms. The molecule has 4 bridgehead atoms. The Morgan fingerprint density at radius 2 is 1.45 bits per heavy atom. The summed E-state index contributed by atoms with van der Waals surface area (Å²) >= 11 is 0. The zero-order valence-corrected chi connectivity index (χ0v) is 38.5. The zero-order chi connectivity index (χ0) is 46.4. The van der Waals surface area contributed by atoms with Gasteiger partial charge in [0, 0.05) is 68.3 Å². The number of para-hydroxylation sites is 1. The smallest absolute Gasteiger partial charge is 0.407 e. The summed E-state index contributed by atoms with van der Waals surface area (Å²) in [5.41, 5.74) is 4.69. The molecular formula is C48H63N7O12. The van der Waals surface area contributed by atoms with Crippen molar-refractivity contribution in [1.29, 1.82) is 0 Å². The van der Waals surface area contributed by atoms with E-state index < -0.39 is 17.7 Å². The first kappa shape index (κ1) is 47.1. The lowest BCUT2D eigenvalue weighted by Gasteiger charge is -2.62. The summed E-state index contributed by atoms with van der Waals surface area (Å²) in [6.07, 6.45) is 6.72. The Balaban J connectivity index is 0.602. The molecule has 19 nitrogen and oxygen atoms in total. The van der Waals surface area contributed by atoms with E-state index in [1.807, 2.05) is 55.6 Å². The van der Waals surface area contributed by atoms with Gasteiger partial charge in [0.2, 0.25) is 29.3 Å². The summed E-state index contributed by atoms with van der Waals surface area (Å²) in [6, 6.07) is 15.5. The zero-order valence-electron chi connectivity index (χ0n) is 38.5. The highest BCUT2D eigenvalue weighted by atomic mass is 17.3. The maximum absolute atomic E-state index is 13.7. The van der Waals surface area contributed by atoms with Crippen molar-refractivity contribution in [3.8, 4) is 22.5 Å². The molecular weight excluding hydrogens is 867 g/mol. The predicted molar refractivity (Wildman–Crippen MR) is 240 cm³/mol. The molecule has 2 aromatic carbocycles. The molecule has 1 saturated heterocycles. The first-order valence-corrected chi connectivity index (χ1v) is 23.8. The topological polar surface area (TPSA) is 212 Å². The molecule has 10 rings (SSSR count). The Bertz CT molecular complexity index is 2240. The Hall–Kier alpha value is -5.02. The number of aromatic nitrogens is 3. The molecule has 1 aromatic heterocycles. The number of rotatable bonds is 19. The standard InChI is InChI=1S/C48H63N7O12/c1-49-45(59)64-36-9-7-15-47(29-36)65-48(67-66-47)34-24-32-25-35(48)28-46(26-32,27-34)51-41(57)14-17-61-19-21-63-23-22-62-20-18-60-16-13-40(56)50-30-42(58)55-31-33-8-3-4-10-37(33)43-44(54(2)53-52-43)38-11-5-6-12-39(38)55/h3-6,8,10-12,32,34-36H,7,9,13-31H2,1-2H3,(H,49,59)(H,50,56)(H,51,57)/t32?,34?,35?,36?,46?,47-,48?/m1/s1. The lowest BCUT2D eigenvalue weighted by atomic mass is 9.50. The number of hydrogen-bond acceptors (Lipinski definition) is 14. The number of nitrogens with one attached hydrogen (secondary N) is 3. The van der Waals surface area contributed by atoms with Crippen LogP contribution in [-0.4, -0.2) is 128 Å². The van der Waals surface area contributed by atoms with Gasteiger partial charge >= 0.3 is 6.09 Å². The van der Waals surface area contributed by atoms with Crippen molar-refractivity contribution in [3.63, 3.8) is 0 Å². The highest BCUT2D eigenvalue weighted by Crippen LogP contribution is 2.65. The predicted octanol–water partition coefficient (Wildman–Crippen LogP) is 4.32. The van der Waals surface area contributed by atoms with Crippen LogP contribution >= 0.6 is 0 Å². The number of alkyl carbamates (subject to hydrolysis) is 1. The third kappa shape index (κ3) is 10.4. The highest BCUT2D eigenvalue weighted by molar-refractivity contribution is 6.02. The number of ether oxygens (including phenoxy) is 6. The number of carbonyl (C=O) groups is 4. The number of nitrogens with zero attached hydrogens (tertiary/aromatic N) is 4. The fraction of sp³-hybridized carbons (Fsp3) is 0.625. The first-order chi connectivity index (χ1) is 32.6. The molecule has 6 fully saturated rings. The van der Waals surface area contributed by atoms with Crippen molar-refractivity contribution in [1.82, 2.24) is 30.9 Å². The molecule has 5 aliphatic carbocycles. The van der Waals surface area contributed by atoms with Crippen LogP contribution in [0.25, 0.3) is 22.5 Å². The molecule has 0 radical (unpaired) electrons. The molecule has 19 heteroatoms. The van der Waals surface area contributed by atoms with Crippen molar-refractivity contribution in [2.45, 2.75) is 100 Å². The molecule has 4 amide bonds. The monoisotopic (exact) mass is 929 g/mol. The summed E-state index contributed by atoms with van der Waals surface area (Å²) in [5, 5.41) is 17.4. The van der Waals surface area contributed by atoms with Crippen LogP contribution in [-0.2, 0) is 66.2 Å². The van der Waals surface area contributed by atoms with Gasteiger partial charge in [-0.25, -0.2) is 9.48 Å². The molecule has 3 aromatic rings. The minimum Gasteiger partial charge on any atom is -0.446 e. The first-order valence-electron chi connectivity index (χ1n) is 23.8. The van der Waals surface area contributed by atoms with E-state index in [-0.39, 0.29) is 67.2 Å². The molecule has 3 unspecified atom stereocenters. The average Bonchev–Trinajstić information content (AvgIpc) is 3.88. The second kappa shape index (κ2) is 20.7. The Morgan fingerprint density at radius 1 is 0.791 bits per heavy atom. The maximum atomic E-state index is 13.7. The number of benzene rings is 2. The van der Waals surface area contributed by atoms with Gasteiger partial charge in [0.15, 0.2) is 0 Å². The van der Waals surface area contributed by atoms with E-state index in [9.17, 15) is 19.2 Å². The van der Waals surface area contributed by atoms with Crippen molar-refractivity contribution >= 4 is 29.5 Å². The molecule has 7 aliphatic rings. The van der Waals surface area contributed by atoms with Crippen molar-refractivity contribution in [3.05, 3.63) is 54.1 Å². The molecule has 3 heterocycles. The molecule has 5 saturated carbocycles. The third-order valence-electron chi connectivity index (χ3n) is 14.2. The van der Waals surface area contributed by atoms with Crippen LogP contribution in [0.3, 0.4) is 0 Å². The number of amides is 4. The molecule has 4 atom stereocenters. The number of hydrogen-bond donors (Lipinski definition) is 3. The van der Waals surface area contributed by atoms with E-state index in [0.29, 0.717) is 71.6 Å². The number of anilines is 1. The number of carbonyl (C=O) groups excluding carboxylic acids is 4. The molecule has 2 aliphatic heterocycles. The lowest BCUT2D eigenvalue weighted by Crippen LogP contribution is -2.69. The Labute approximate surface area is 390 Å². The van der Waals surface area contributed by atoms with Crippen LogP contribution in [0.2, 0.25) is 0 Å². The van der Waals surface area contributed by atoms with Crippen LogP contribution in [0.5, 0.6) is 0 Å². The highest BCUT2D eigenvalue weighted by Gasteiger charge is 2.70. The largest absolute Gasteiger partial charge is 0.446 e. The van der Waals surface area contributed by atoms with Crippen LogP contribution < -0.4 is 20.9 Å². The fourth-order valence-electron chi connectivity index (χ4n) is 11.4. The quantitative estimate of drug-likeness (QED) is 0.113. The summed E-state index contributed by atoms with van der Waals surface area (Å²) in [6.45, 7) is 2.78. The number of aryl methyl sites for hydroxylation is 1. The summed E-state index contributed by atoms with van der Waals surface area (Å²) in [4.78, 5) is 65.3. The van der Waals surface area contributed by atoms with E-state index in [1.54, 1.807) is 16.6 Å². The van der Waals surface area contributed by atoms with Gasteiger partial charge < -0.3 is 49.3 Å². The molecule has 362 valence electrons. The van der Waals surface area contributed by atoms with Gasteiger partial charge in [-0.3, -0.25) is 14.4 Å². The Kier molecular flexibility index (Phi) is 14.5. The van der Waals surface area contributed by atoms with Gasteiger partial charge in [0.05, 0.1) is 77.3 Å². The number of fused-ring (bicyclic) bond motifs is 5. The van der Waals surface area contributed by atoms with Crippen LogP contribution in [0.4, 0.5) is 10.5 Å². The summed E-state index contributed by atoms with van der Waals surface area (Å²) in [7, 11) is 3.38. The van der Waals surface area contributed by atoms with Crippen molar-refractivity contribution in [2.24, 2.45) is 24.8 Å². The average molecular weight is 930 g/mol. The van der Waals surface area contributed by atoms with Crippen LogP contribution in [0.1, 0.15) is 76.2 Å². The molecule has 67 heavy (non-hydrogen) atoms. The van der Waals surface area contributed by atoms with E-state index >= 15 is 0 Å². The second-order valence-corrected chi connectivity index (χ2v) is 18.7. The van der Waals surface area contributed by atoms with E-state index in [0.717, 1.165) is 78.7 Å². The summed E-state index contributed by atoms with van der Waals surface area (Å²) in [5.74, 6) is -1.61. The van der Waals surface area contributed by atoms with Gasteiger partial charge in [-0.15, -0.1) is 5.10 Å². The van der Waals surface area contributed by atoms with E-state index in [4.69, 9.17) is 38.2 Å². The van der Waals surface area contributed by atoms with E-state index in [2.05, 4.69) is 26.3 Å². The molecule has 3 N–H and O–H groups in total.